The fourth-order valence-corrected chi connectivity index (χ4v) is 2.09. The molecule has 2 rings (SSSR count). The lowest BCUT2D eigenvalue weighted by molar-refractivity contribution is -0.385. The van der Waals surface area contributed by atoms with Crippen LogP contribution in [0.15, 0.2) is 60.2 Å². The van der Waals surface area contributed by atoms with Crippen LogP contribution in [0.3, 0.4) is 0 Å². The highest BCUT2D eigenvalue weighted by atomic mass is 16.6. The number of allylic oxidation sites excluding steroid dienone is 2. The summed E-state index contributed by atoms with van der Waals surface area (Å²) in [6.45, 7) is 1.60. The van der Waals surface area contributed by atoms with Crippen LogP contribution in [0, 0.1) is 20.2 Å². The zero-order valence-electron chi connectivity index (χ0n) is 13.3. The predicted octanol–water partition coefficient (Wildman–Crippen LogP) is 4.19. The highest BCUT2D eigenvalue weighted by Crippen LogP contribution is 2.17. The number of rotatable bonds is 6. The average molecular weight is 338 g/mol. The molecule has 2 aromatic carbocycles. The molecule has 0 aliphatic heterocycles. The second-order valence-electron chi connectivity index (χ2n) is 5.23. The van der Waals surface area contributed by atoms with Gasteiger partial charge in [-0.15, -0.1) is 0 Å². The molecule has 0 N–H and O–H groups in total. The van der Waals surface area contributed by atoms with Crippen molar-refractivity contribution in [3.8, 4) is 0 Å². The lowest BCUT2D eigenvalue weighted by Crippen LogP contribution is -1.95. The van der Waals surface area contributed by atoms with Crippen LogP contribution >= 0.6 is 0 Å². The number of ketones is 1. The summed E-state index contributed by atoms with van der Waals surface area (Å²) in [7, 11) is 0. The second-order valence-corrected chi connectivity index (χ2v) is 5.23. The molecule has 0 heterocycles. The largest absolute Gasteiger partial charge is 0.290 e. The lowest BCUT2D eigenvalue weighted by atomic mass is 10.1. The molecule has 7 nitrogen and oxygen atoms in total. The van der Waals surface area contributed by atoms with E-state index in [9.17, 15) is 25.0 Å². The molecule has 2 aromatic rings. The third-order valence-corrected chi connectivity index (χ3v) is 3.36. The normalized spacial score (nSPS) is 11.5. The number of nitro groups is 2. The monoisotopic (exact) mass is 338 g/mol. The Hall–Kier alpha value is -3.61. The van der Waals surface area contributed by atoms with E-state index in [4.69, 9.17) is 0 Å². The van der Waals surface area contributed by atoms with Crippen LogP contribution < -0.4 is 0 Å². The number of carbonyl (C=O) groups is 1. The van der Waals surface area contributed by atoms with Crippen molar-refractivity contribution in [3.05, 3.63) is 91.5 Å². The fourth-order valence-electron chi connectivity index (χ4n) is 2.09. The maximum absolute atomic E-state index is 12.1. The number of hydrogen-bond donors (Lipinski definition) is 0. The van der Waals surface area contributed by atoms with E-state index in [0.29, 0.717) is 16.7 Å². The average Bonchev–Trinajstić information content (AvgIpc) is 2.60. The minimum atomic E-state index is -0.507. The minimum absolute atomic E-state index is 0.0545. The highest BCUT2D eigenvalue weighted by molar-refractivity contribution is 6.08. The summed E-state index contributed by atoms with van der Waals surface area (Å²) < 4.78 is 0. The van der Waals surface area contributed by atoms with E-state index in [0.717, 1.165) is 0 Å². The van der Waals surface area contributed by atoms with Crippen molar-refractivity contribution in [1.82, 2.24) is 0 Å². The highest BCUT2D eigenvalue weighted by Gasteiger charge is 2.07. The summed E-state index contributed by atoms with van der Waals surface area (Å²) in [4.78, 5) is 32.6. The van der Waals surface area contributed by atoms with Crippen LogP contribution in [-0.4, -0.2) is 15.6 Å². The van der Waals surface area contributed by atoms with Gasteiger partial charge >= 0.3 is 0 Å². The van der Waals surface area contributed by atoms with Gasteiger partial charge in [-0.3, -0.25) is 25.0 Å². The summed E-state index contributed by atoms with van der Waals surface area (Å²) in [6, 6.07) is 11.9. The Morgan fingerprint density at radius 3 is 2.00 bits per heavy atom. The van der Waals surface area contributed by atoms with Gasteiger partial charge in [0.2, 0.25) is 0 Å². The molecule has 0 atom stereocenters. The molecule has 0 saturated carbocycles. The van der Waals surface area contributed by atoms with Gasteiger partial charge in [0.05, 0.1) is 9.85 Å². The number of hydrogen-bond acceptors (Lipinski definition) is 5. The quantitative estimate of drug-likeness (QED) is 0.446. The van der Waals surface area contributed by atoms with Crippen LogP contribution in [0.25, 0.3) is 12.2 Å². The van der Waals surface area contributed by atoms with Gasteiger partial charge in [-0.1, -0.05) is 30.3 Å². The first-order valence-electron chi connectivity index (χ1n) is 7.26. The van der Waals surface area contributed by atoms with E-state index in [2.05, 4.69) is 0 Å². The van der Waals surface area contributed by atoms with Crippen molar-refractivity contribution in [2.24, 2.45) is 0 Å². The molecule has 0 bridgehead atoms. The number of non-ortho nitro benzene ring substituents is 2. The fraction of sp³-hybridized carbons (Fsp3) is 0.0556. The minimum Gasteiger partial charge on any atom is -0.290 e. The Morgan fingerprint density at radius 1 is 0.920 bits per heavy atom. The van der Waals surface area contributed by atoms with Gasteiger partial charge in [-0.25, -0.2) is 0 Å². The third-order valence-electron chi connectivity index (χ3n) is 3.36. The van der Waals surface area contributed by atoms with Crippen LogP contribution in [0.2, 0.25) is 0 Å². The van der Waals surface area contributed by atoms with Crippen LogP contribution in [0.4, 0.5) is 11.4 Å². The molecular weight excluding hydrogens is 324 g/mol. The molecule has 0 saturated heterocycles. The molecule has 0 spiro atoms. The number of nitrogens with zero attached hydrogens (tertiary/aromatic N) is 2. The summed E-state index contributed by atoms with van der Waals surface area (Å²) in [6.07, 6.45) is 4.34. The lowest BCUT2D eigenvalue weighted by Gasteiger charge is -1.98. The zero-order chi connectivity index (χ0) is 18.4. The van der Waals surface area contributed by atoms with Gasteiger partial charge in [0.1, 0.15) is 0 Å². The first-order valence-corrected chi connectivity index (χ1v) is 7.26. The Balaban J connectivity index is 2.17. The molecular formula is C18H14N2O5. The number of nitro benzene ring substituents is 2. The Labute approximate surface area is 143 Å². The molecule has 7 heteroatoms. The van der Waals surface area contributed by atoms with Crippen molar-refractivity contribution >= 4 is 29.3 Å². The van der Waals surface area contributed by atoms with E-state index in [1.54, 1.807) is 31.2 Å². The van der Waals surface area contributed by atoms with Crippen molar-refractivity contribution < 1.29 is 14.6 Å². The summed E-state index contributed by atoms with van der Waals surface area (Å²) in [5.74, 6) is -0.294. The maximum Gasteiger partial charge on any atom is 0.270 e. The Morgan fingerprint density at radius 2 is 1.44 bits per heavy atom. The van der Waals surface area contributed by atoms with E-state index < -0.39 is 9.85 Å². The van der Waals surface area contributed by atoms with Gasteiger partial charge in [0.15, 0.2) is 5.78 Å². The first kappa shape index (κ1) is 17.7. The Kier molecular flexibility index (Phi) is 5.52. The topological polar surface area (TPSA) is 103 Å². The molecule has 0 radical (unpaired) electrons. The van der Waals surface area contributed by atoms with Crippen molar-refractivity contribution in [1.29, 1.82) is 0 Å². The van der Waals surface area contributed by atoms with Gasteiger partial charge in [-0.05, 0) is 35.8 Å². The van der Waals surface area contributed by atoms with Gasteiger partial charge in [0, 0.05) is 24.3 Å². The van der Waals surface area contributed by atoms with Crippen LogP contribution in [-0.2, 0) is 4.79 Å². The van der Waals surface area contributed by atoms with Gasteiger partial charge in [0.25, 0.3) is 11.4 Å². The third kappa shape index (κ3) is 4.93. The zero-order valence-corrected chi connectivity index (χ0v) is 13.3. The molecule has 126 valence electrons. The van der Waals surface area contributed by atoms with E-state index >= 15 is 0 Å². The SMILES string of the molecule is CC(=Cc1cccc([N+](=O)[O-])c1)C(=O)C=Cc1cccc([N+](=O)[O-])c1. The van der Waals surface area contributed by atoms with Gasteiger partial charge < -0.3 is 0 Å². The van der Waals surface area contributed by atoms with E-state index in [1.807, 2.05) is 0 Å². The smallest absolute Gasteiger partial charge is 0.270 e. The van der Waals surface area contributed by atoms with Crippen LogP contribution in [0.1, 0.15) is 18.1 Å². The molecule has 0 aromatic heterocycles. The molecule has 0 fully saturated rings. The summed E-state index contributed by atoms with van der Waals surface area (Å²) >= 11 is 0. The molecule has 25 heavy (non-hydrogen) atoms. The summed E-state index contributed by atoms with van der Waals surface area (Å²) in [5.41, 5.74) is 1.36. The predicted molar refractivity (Wildman–Crippen MR) is 93.9 cm³/mol. The van der Waals surface area contributed by atoms with E-state index in [1.165, 1.54) is 42.5 Å². The first-order chi connectivity index (χ1) is 11.9. The number of benzene rings is 2. The molecule has 0 aliphatic carbocycles. The summed E-state index contributed by atoms with van der Waals surface area (Å²) in [5, 5.41) is 21.5. The molecule has 0 amide bonds. The second kappa shape index (κ2) is 7.78. The maximum atomic E-state index is 12.1. The number of carbonyl (C=O) groups excluding carboxylic acids is 1. The van der Waals surface area contributed by atoms with E-state index in [-0.39, 0.29) is 17.2 Å². The molecule has 0 aliphatic rings. The molecule has 0 unspecified atom stereocenters. The van der Waals surface area contributed by atoms with Crippen molar-refractivity contribution in [2.75, 3.05) is 0 Å². The van der Waals surface area contributed by atoms with Crippen molar-refractivity contribution in [3.63, 3.8) is 0 Å². The van der Waals surface area contributed by atoms with Gasteiger partial charge in [-0.2, -0.15) is 0 Å². The van der Waals surface area contributed by atoms with Crippen molar-refractivity contribution in [2.45, 2.75) is 6.92 Å². The van der Waals surface area contributed by atoms with Crippen LogP contribution in [0.5, 0.6) is 0 Å². The standard InChI is InChI=1S/C18H14N2O5/c1-13(10-15-5-3-7-17(12-15)20(24)25)18(21)9-8-14-4-2-6-16(11-14)19(22)23/h2-12H,1H3. The Bertz CT molecular complexity index is 900.